The monoisotopic (exact) mass is 350 g/mol. The van der Waals surface area contributed by atoms with Crippen molar-refractivity contribution in [1.82, 2.24) is 14.1 Å². The van der Waals surface area contributed by atoms with Gasteiger partial charge in [-0.1, -0.05) is 24.3 Å². The molecule has 2 heterocycles. The summed E-state index contributed by atoms with van der Waals surface area (Å²) in [5.41, 5.74) is 3.01. The maximum absolute atomic E-state index is 12.4. The van der Waals surface area contributed by atoms with Crippen LogP contribution in [0.1, 0.15) is 13.3 Å². The van der Waals surface area contributed by atoms with E-state index in [1.165, 1.54) is 4.57 Å². The van der Waals surface area contributed by atoms with Gasteiger partial charge in [0.2, 0.25) is 11.9 Å². The molecule has 0 bridgehead atoms. The number of hydrogen-bond acceptors (Lipinski definition) is 4. The lowest BCUT2D eigenvalue weighted by Gasteiger charge is -2.08. The molecule has 0 aliphatic carbocycles. The molecule has 4 aromatic rings. The van der Waals surface area contributed by atoms with Crippen molar-refractivity contribution in [3.63, 3.8) is 0 Å². The first-order valence-electron chi connectivity index (χ1n) is 8.51. The minimum atomic E-state index is -0.459. The van der Waals surface area contributed by atoms with Crippen LogP contribution in [-0.4, -0.2) is 20.0 Å². The van der Waals surface area contributed by atoms with Gasteiger partial charge in [-0.25, -0.2) is 9.78 Å². The number of aromatic nitrogens is 3. The van der Waals surface area contributed by atoms with E-state index in [1.54, 1.807) is 18.2 Å². The number of para-hydroxylation sites is 4. The molecule has 1 amide bonds. The molecule has 0 aliphatic heterocycles. The number of hydrogen-bond donors (Lipinski definition) is 1. The molecule has 0 spiro atoms. The summed E-state index contributed by atoms with van der Waals surface area (Å²) in [6, 6.07) is 14.9. The van der Waals surface area contributed by atoms with E-state index < -0.39 is 5.76 Å². The molecule has 1 N–H and O–H groups in total. The number of rotatable bonds is 5. The van der Waals surface area contributed by atoms with Crippen LogP contribution in [0.3, 0.4) is 0 Å². The number of imidazole rings is 1. The zero-order valence-electron chi connectivity index (χ0n) is 14.3. The average molecular weight is 350 g/mol. The van der Waals surface area contributed by atoms with Crippen LogP contribution in [0, 0.1) is 0 Å². The fourth-order valence-corrected chi connectivity index (χ4v) is 3.12. The molecule has 7 nitrogen and oxygen atoms in total. The van der Waals surface area contributed by atoms with Gasteiger partial charge in [-0.3, -0.25) is 14.7 Å². The number of aryl methyl sites for hydroxylation is 2. The number of nitrogens with one attached hydrogen (secondary N) is 1. The lowest BCUT2D eigenvalue weighted by atomic mass is 10.3. The van der Waals surface area contributed by atoms with Gasteiger partial charge in [0.05, 0.1) is 16.6 Å². The summed E-state index contributed by atoms with van der Waals surface area (Å²) in [5.74, 6) is -0.143. The smallest absolute Gasteiger partial charge is 0.408 e. The highest BCUT2D eigenvalue weighted by Gasteiger charge is 2.14. The molecule has 0 saturated carbocycles. The van der Waals surface area contributed by atoms with E-state index in [0.29, 0.717) is 23.6 Å². The molecule has 7 heteroatoms. The van der Waals surface area contributed by atoms with Crippen LogP contribution in [0.4, 0.5) is 5.95 Å². The number of anilines is 1. The van der Waals surface area contributed by atoms with Crippen molar-refractivity contribution in [3.8, 4) is 0 Å². The first-order valence-corrected chi connectivity index (χ1v) is 8.51. The normalized spacial score (nSPS) is 11.3. The number of fused-ring (bicyclic) bond motifs is 2. The second-order valence-electron chi connectivity index (χ2n) is 5.95. The molecule has 0 fully saturated rings. The zero-order chi connectivity index (χ0) is 18.1. The molecule has 2 aromatic heterocycles. The van der Waals surface area contributed by atoms with Crippen LogP contribution in [0.5, 0.6) is 0 Å². The highest BCUT2D eigenvalue weighted by atomic mass is 16.4. The Bertz CT molecular complexity index is 1150. The average Bonchev–Trinajstić information content (AvgIpc) is 3.15. The fourth-order valence-electron chi connectivity index (χ4n) is 3.12. The Morgan fingerprint density at radius 3 is 2.62 bits per heavy atom. The Hall–Kier alpha value is -3.35. The van der Waals surface area contributed by atoms with Gasteiger partial charge in [-0.2, -0.15) is 0 Å². The number of carbonyl (C=O) groups excluding carboxylic acids is 1. The molecule has 0 saturated heterocycles. The summed E-state index contributed by atoms with van der Waals surface area (Å²) in [6.45, 7) is 2.94. The number of oxazole rings is 1. The first kappa shape index (κ1) is 16.1. The Kier molecular flexibility index (Phi) is 4.04. The Morgan fingerprint density at radius 2 is 1.81 bits per heavy atom. The predicted molar refractivity (Wildman–Crippen MR) is 99.1 cm³/mol. The van der Waals surface area contributed by atoms with Crippen molar-refractivity contribution >= 4 is 34.0 Å². The number of benzene rings is 2. The van der Waals surface area contributed by atoms with Gasteiger partial charge < -0.3 is 8.98 Å². The summed E-state index contributed by atoms with van der Waals surface area (Å²) in [4.78, 5) is 28.8. The topological polar surface area (TPSA) is 82.1 Å². The van der Waals surface area contributed by atoms with Gasteiger partial charge in [0.25, 0.3) is 0 Å². The summed E-state index contributed by atoms with van der Waals surface area (Å²) >= 11 is 0. The van der Waals surface area contributed by atoms with Gasteiger partial charge in [-0.15, -0.1) is 0 Å². The van der Waals surface area contributed by atoms with E-state index in [1.807, 2.05) is 41.8 Å². The van der Waals surface area contributed by atoms with E-state index in [4.69, 9.17) is 4.42 Å². The Balaban J connectivity index is 1.53. The standard InChI is InChI=1S/C19H18N4O3/c1-2-22-14-8-4-3-7-13(14)20-18(22)21-17(24)11-12-23-15-9-5-6-10-16(15)26-19(23)25/h3-10H,2,11-12H2,1H3,(H,20,21,24). The molecule has 0 unspecified atom stereocenters. The highest BCUT2D eigenvalue weighted by Crippen LogP contribution is 2.19. The third-order valence-corrected chi connectivity index (χ3v) is 4.36. The van der Waals surface area contributed by atoms with Crippen LogP contribution in [0.25, 0.3) is 22.1 Å². The maximum atomic E-state index is 12.4. The van der Waals surface area contributed by atoms with E-state index in [9.17, 15) is 9.59 Å². The van der Waals surface area contributed by atoms with Crippen LogP contribution in [-0.2, 0) is 17.9 Å². The maximum Gasteiger partial charge on any atom is 0.419 e. The Morgan fingerprint density at radius 1 is 1.08 bits per heavy atom. The summed E-state index contributed by atoms with van der Waals surface area (Å²) in [5, 5.41) is 2.85. The molecule has 132 valence electrons. The number of nitrogens with zero attached hydrogens (tertiary/aromatic N) is 3. The summed E-state index contributed by atoms with van der Waals surface area (Å²) in [6.07, 6.45) is 0.149. The van der Waals surface area contributed by atoms with Crippen molar-refractivity contribution in [2.75, 3.05) is 5.32 Å². The van der Waals surface area contributed by atoms with E-state index in [-0.39, 0.29) is 18.9 Å². The van der Waals surface area contributed by atoms with Crippen LogP contribution in [0.15, 0.2) is 57.7 Å². The van der Waals surface area contributed by atoms with Gasteiger partial charge in [0.15, 0.2) is 5.58 Å². The molecule has 0 radical (unpaired) electrons. The van der Waals surface area contributed by atoms with Gasteiger partial charge >= 0.3 is 5.76 Å². The van der Waals surface area contributed by atoms with Crippen LogP contribution < -0.4 is 11.1 Å². The predicted octanol–water partition coefficient (Wildman–Crippen LogP) is 2.99. The molecule has 26 heavy (non-hydrogen) atoms. The molecule has 2 aromatic carbocycles. The van der Waals surface area contributed by atoms with Gasteiger partial charge in [-0.05, 0) is 31.2 Å². The number of amides is 1. The number of carbonyl (C=O) groups is 1. The van der Waals surface area contributed by atoms with Crippen LogP contribution in [0.2, 0.25) is 0 Å². The molecule has 0 atom stereocenters. The van der Waals surface area contributed by atoms with E-state index in [0.717, 1.165) is 11.0 Å². The highest BCUT2D eigenvalue weighted by molar-refractivity contribution is 5.91. The largest absolute Gasteiger partial charge is 0.419 e. The Labute approximate surface area is 148 Å². The lowest BCUT2D eigenvalue weighted by molar-refractivity contribution is -0.116. The first-order chi connectivity index (χ1) is 12.7. The molecular formula is C19H18N4O3. The third-order valence-electron chi connectivity index (χ3n) is 4.36. The summed E-state index contributed by atoms with van der Waals surface area (Å²) in [7, 11) is 0. The van der Waals surface area contributed by atoms with Gasteiger partial charge in [0, 0.05) is 19.5 Å². The molecule has 0 aliphatic rings. The fraction of sp³-hybridized carbons (Fsp3) is 0.211. The second kappa shape index (κ2) is 6.51. The van der Waals surface area contributed by atoms with Crippen molar-refractivity contribution in [2.45, 2.75) is 26.4 Å². The van der Waals surface area contributed by atoms with Crippen molar-refractivity contribution in [1.29, 1.82) is 0 Å². The minimum absolute atomic E-state index is 0.149. The lowest BCUT2D eigenvalue weighted by Crippen LogP contribution is -2.21. The summed E-state index contributed by atoms with van der Waals surface area (Å²) < 4.78 is 8.61. The molecular weight excluding hydrogens is 332 g/mol. The van der Waals surface area contributed by atoms with E-state index in [2.05, 4.69) is 10.3 Å². The van der Waals surface area contributed by atoms with Crippen molar-refractivity contribution in [3.05, 3.63) is 59.1 Å². The third kappa shape index (κ3) is 2.77. The zero-order valence-corrected chi connectivity index (χ0v) is 14.3. The molecule has 4 rings (SSSR count). The second-order valence-corrected chi connectivity index (χ2v) is 5.95. The van der Waals surface area contributed by atoms with Crippen molar-refractivity contribution < 1.29 is 9.21 Å². The minimum Gasteiger partial charge on any atom is -0.408 e. The quantitative estimate of drug-likeness (QED) is 0.600. The van der Waals surface area contributed by atoms with Crippen LogP contribution >= 0.6 is 0 Å². The van der Waals surface area contributed by atoms with Crippen molar-refractivity contribution in [2.24, 2.45) is 0 Å². The SMILES string of the molecule is CCn1c(NC(=O)CCn2c(=O)oc3ccccc32)nc2ccccc21. The van der Waals surface area contributed by atoms with E-state index >= 15 is 0 Å². The van der Waals surface area contributed by atoms with Gasteiger partial charge in [0.1, 0.15) is 0 Å².